The van der Waals surface area contributed by atoms with Crippen LogP contribution in [0.1, 0.15) is 48.9 Å². The van der Waals surface area contributed by atoms with Gasteiger partial charge in [0.2, 0.25) is 0 Å². The fraction of sp³-hybridized carbons (Fsp3) is 0.471. The predicted octanol–water partition coefficient (Wildman–Crippen LogP) is 3.23. The zero-order valence-corrected chi connectivity index (χ0v) is 12.8. The Kier molecular flexibility index (Phi) is 3.62. The highest BCUT2D eigenvalue weighted by Crippen LogP contribution is 2.30. The van der Waals surface area contributed by atoms with Gasteiger partial charge in [0.05, 0.1) is 17.0 Å². The number of carbonyl (C=O) groups is 1. The van der Waals surface area contributed by atoms with E-state index in [9.17, 15) is 4.79 Å². The molecule has 0 aromatic carbocycles. The maximum absolute atomic E-state index is 12.5. The van der Waals surface area contributed by atoms with Crippen molar-refractivity contribution in [3.05, 3.63) is 41.3 Å². The Hall–Kier alpha value is -1.97. The largest absolute Gasteiger partial charge is 0.294 e. The molecular formula is C17H21N3O. The molecule has 110 valence electrons. The van der Waals surface area contributed by atoms with Crippen LogP contribution < -0.4 is 0 Å². The van der Waals surface area contributed by atoms with Crippen molar-refractivity contribution in [2.24, 2.45) is 11.8 Å². The minimum Gasteiger partial charge on any atom is -0.294 e. The fourth-order valence-corrected chi connectivity index (χ4v) is 3.03. The van der Waals surface area contributed by atoms with Gasteiger partial charge in [-0.05, 0) is 36.8 Å². The Labute approximate surface area is 125 Å². The molecule has 0 radical (unpaired) electrons. The molecule has 2 heterocycles. The lowest BCUT2D eigenvalue weighted by Gasteiger charge is -2.19. The molecule has 4 heteroatoms. The van der Waals surface area contributed by atoms with E-state index in [1.165, 1.54) is 0 Å². The van der Waals surface area contributed by atoms with Gasteiger partial charge in [0.1, 0.15) is 0 Å². The molecule has 0 aliphatic heterocycles. The Morgan fingerprint density at radius 1 is 1.33 bits per heavy atom. The van der Waals surface area contributed by atoms with Crippen LogP contribution >= 0.6 is 0 Å². The van der Waals surface area contributed by atoms with Crippen molar-refractivity contribution in [2.75, 3.05) is 0 Å². The molecule has 0 bridgehead atoms. The highest BCUT2D eigenvalue weighted by Gasteiger charge is 2.31. The smallest absolute Gasteiger partial charge is 0.166 e. The Morgan fingerprint density at radius 2 is 2.14 bits per heavy atom. The summed E-state index contributed by atoms with van der Waals surface area (Å²) in [5.74, 6) is 1.89. The highest BCUT2D eigenvalue weighted by atomic mass is 16.1. The van der Waals surface area contributed by atoms with Crippen LogP contribution in [-0.4, -0.2) is 20.5 Å². The standard InChI is InChI=1S/C17H21N3O/c1-11(2)8-13-17-14(9-12(3)10-15(17)21)20(19-13)16-6-4-5-7-18-16/h4-7,11-12H,8-10H2,1-3H3. The summed E-state index contributed by atoms with van der Waals surface area (Å²) in [5.41, 5.74) is 2.82. The zero-order valence-electron chi connectivity index (χ0n) is 12.8. The van der Waals surface area contributed by atoms with Crippen LogP contribution in [0.2, 0.25) is 0 Å². The van der Waals surface area contributed by atoms with E-state index in [0.717, 1.165) is 35.6 Å². The average Bonchev–Trinajstić information content (AvgIpc) is 2.77. The Balaban J connectivity index is 2.15. The van der Waals surface area contributed by atoms with Crippen molar-refractivity contribution in [2.45, 2.75) is 40.0 Å². The van der Waals surface area contributed by atoms with Crippen LogP contribution in [0.15, 0.2) is 24.4 Å². The van der Waals surface area contributed by atoms with E-state index in [2.05, 4.69) is 25.8 Å². The summed E-state index contributed by atoms with van der Waals surface area (Å²) in [6.07, 6.45) is 4.12. The number of aromatic nitrogens is 3. The summed E-state index contributed by atoms with van der Waals surface area (Å²) < 4.78 is 1.88. The molecular weight excluding hydrogens is 262 g/mol. The number of rotatable bonds is 3. The van der Waals surface area contributed by atoms with Crippen molar-refractivity contribution in [1.29, 1.82) is 0 Å². The van der Waals surface area contributed by atoms with Gasteiger partial charge in [-0.3, -0.25) is 4.79 Å². The van der Waals surface area contributed by atoms with E-state index in [1.54, 1.807) is 6.20 Å². The van der Waals surface area contributed by atoms with Crippen LogP contribution in [-0.2, 0) is 12.8 Å². The molecule has 0 amide bonds. The first kappa shape index (κ1) is 14.0. The molecule has 1 aliphatic rings. The summed E-state index contributed by atoms with van der Waals surface area (Å²) in [6.45, 7) is 6.43. The summed E-state index contributed by atoms with van der Waals surface area (Å²) in [4.78, 5) is 16.9. The maximum Gasteiger partial charge on any atom is 0.166 e. The third-order valence-electron chi connectivity index (χ3n) is 3.88. The second kappa shape index (κ2) is 5.43. The van der Waals surface area contributed by atoms with Gasteiger partial charge < -0.3 is 0 Å². The van der Waals surface area contributed by atoms with Gasteiger partial charge in [-0.25, -0.2) is 9.67 Å². The van der Waals surface area contributed by atoms with E-state index in [1.807, 2.05) is 22.9 Å². The molecule has 21 heavy (non-hydrogen) atoms. The van der Waals surface area contributed by atoms with Crippen molar-refractivity contribution < 1.29 is 4.79 Å². The molecule has 0 spiro atoms. The first-order chi connectivity index (χ1) is 10.1. The number of hydrogen-bond donors (Lipinski definition) is 0. The molecule has 0 saturated heterocycles. The van der Waals surface area contributed by atoms with Gasteiger partial charge in [0.25, 0.3) is 0 Å². The quantitative estimate of drug-likeness (QED) is 0.869. The minimum atomic E-state index is 0.238. The summed E-state index contributed by atoms with van der Waals surface area (Å²) in [6, 6.07) is 5.78. The van der Waals surface area contributed by atoms with Crippen LogP contribution in [0.5, 0.6) is 0 Å². The molecule has 0 fully saturated rings. The van der Waals surface area contributed by atoms with Gasteiger partial charge in [0.15, 0.2) is 11.6 Å². The van der Waals surface area contributed by atoms with Crippen LogP contribution in [0.4, 0.5) is 0 Å². The number of ketones is 1. The number of fused-ring (bicyclic) bond motifs is 1. The van der Waals surface area contributed by atoms with E-state index in [4.69, 9.17) is 5.10 Å². The first-order valence-corrected chi connectivity index (χ1v) is 7.61. The average molecular weight is 283 g/mol. The lowest BCUT2D eigenvalue weighted by atomic mass is 9.86. The van der Waals surface area contributed by atoms with E-state index in [0.29, 0.717) is 18.3 Å². The number of hydrogen-bond acceptors (Lipinski definition) is 3. The van der Waals surface area contributed by atoms with Crippen molar-refractivity contribution >= 4 is 5.78 Å². The molecule has 1 atom stereocenters. The molecule has 1 unspecified atom stereocenters. The van der Waals surface area contributed by atoms with E-state index in [-0.39, 0.29) is 5.78 Å². The molecule has 1 aliphatic carbocycles. The number of carbonyl (C=O) groups excluding carboxylic acids is 1. The topological polar surface area (TPSA) is 47.8 Å². The third-order valence-corrected chi connectivity index (χ3v) is 3.88. The molecule has 4 nitrogen and oxygen atoms in total. The van der Waals surface area contributed by atoms with Crippen molar-refractivity contribution in [3.63, 3.8) is 0 Å². The molecule has 2 aromatic rings. The minimum absolute atomic E-state index is 0.238. The van der Waals surface area contributed by atoms with Crippen LogP contribution in [0.3, 0.4) is 0 Å². The Bertz CT molecular complexity index is 658. The van der Waals surface area contributed by atoms with Gasteiger partial charge in [0, 0.05) is 12.6 Å². The zero-order chi connectivity index (χ0) is 15.0. The van der Waals surface area contributed by atoms with Gasteiger partial charge in [-0.2, -0.15) is 5.10 Å². The summed E-state index contributed by atoms with van der Waals surface area (Å²) >= 11 is 0. The molecule has 0 saturated carbocycles. The van der Waals surface area contributed by atoms with Gasteiger partial charge in [-0.1, -0.05) is 26.8 Å². The number of Topliss-reactive ketones (excluding diaryl/α,β-unsaturated/α-hetero) is 1. The van der Waals surface area contributed by atoms with Crippen LogP contribution in [0.25, 0.3) is 5.82 Å². The molecule has 3 rings (SSSR count). The van der Waals surface area contributed by atoms with Gasteiger partial charge >= 0.3 is 0 Å². The first-order valence-electron chi connectivity index (χ1n) is 7.61. The second-order valence-electron chi connectivity index (χ2n) is 6.40. The fourth-order valence-electron chi connectivity index (χ4n) is 3.03. The summed E-state index contributed by atoms with van der Waals surface area (Å²) in [5, 5.41) is 4.72. The predicted molar refractivity (Wildman–Crippen MR) is 81.7 cm³/mol. The van der Waals surface area contributed by atoms with Crippen LogP contribution in [0, 0.1) is 11.8 Å². The monoisotopic (exact) mass is 283 g/mol. The van der Waals surface area contributed by atoms with E-state index < -0.39 is 0 Å². The van der Waals surface area contributed by atoms with Crippen molar-refractivity contribution in [1.82, 2.24) is 14.8 Å². The number of nitrogens with zero attached hydrogens (tertiary/aromatic N) is 3. The van der Waals surface area contributed by atoms with E-state index >= 15 is 0 Å². The SMILES string of the molecule is CC(C)Cc1nn(-c2ccccn2)c2c1C(=O)CC(C)C2. The lowest BCUT2D eigenvalue weighted by Crippen LogP contribution is -2.20. The highest BCUT2D eigenvalue weighted by molar-refractivity contribution is 5.99. The molecule has 0 N–H and O–H groups in total. The Morgan fingerprint density at radius 3 is 2.81 bits per heavy atom. The van der Waals surface area contributed by atoms with Gasteiger partial charge in [-0.15, -0.1) is 0 Å². The number of pyridine rings is 1. The normalized spacial score (nSPS) is 18.1. The third kappa shape index (κ3) is 2.62. The molecule has 2 aromatic heterocycles. The lowest BCUT2D eigenvalue weighted by molar-refractivity contribution is 0.0951. The second-order valence-corrected chi connectivity index (χ2v) is 6.40. The summed E-state index contributed by atoms with van der Waals surface area (Å²) in [7, 11) is 0. The maximum atomic E-state index is 12.5. The van der Waals surface area contributed by atoms with Crippen molar-refractivity contribution in [3.8, 4) is 5.82 Å².